The second kappa shape index (κ2) is 25.7. The van der Waals surface area contributed by atoms with Gasteiger partial charge < -0.3 is 40.7 Å². The minimum Gasteiger partial charge on any atom is -0.415 e. The second-order valence-electron chi connectivity index (χ2n) is 19.7. The Bertz CT molecular complexity index is 4220. The Morgan fingerprint density at radius 2 is 1.07 bits per heavy atom. The summed E-state index contributed by atoms with van der Waals surface area (Å²) >= 11 is 0. The van der Waals surface area contributed by atoms with Crippen molar-refractivity contribution in [3.8, 4) is 80.0 Å². The van der Waals surface area contributed by atoms with Gasteiger partial charge in [0.25, 0.3) is 17.7 Å². The zero-order valence-electron chi connectivity index (χ0n) is 47.1. The van der Waals surface area contributed by atoms with Crippen LogP contribution in [0.25, 0.3) is 80.0 Å². The number of aryl methyl sites for hydroxylation is 2. The average molecular weight is 1200 g/mol. The fraction of sp³-hybridized carbons (Fsp3) is 0.250. The third-order valence-electron chi connectivity index (χ3n) is 13.0. The highest BCUT2D eigenvalue weighted by Gasteiger charge is 2.24. The number of nitrogen functional groups attached to an aromatic ring is 2. The summed E-state index contributed by atoms with van der Waals surface area (Å²) in [6, 6.07) is 25.5. The Hall–Kier alpha value is -9.84. The molecule has 85 heavy (non-hydrogen) atoms. The fourth-order valence-corrected chi connectivity index (χ4v) is 10.2. The summed E-state index contributed by atoms with van der Waals surface area (Å²) in [7, 11) is -6.69. The monoisotopic (exact) mass is 1200 g/mol. The Kier molecular flexibility index (Phi) is 18.1. The Morgan fingerprint density at radius 1 is 0.576 bits per heavy atom. The SMILES string of the molecule is CC(C)S(=O)(=O)c1ccc(-c2cnc(N)c(-c3nnc(N)o3)n2)cc1.Cc1ncc(-c2ccc(S(=O)(=O)C(C)C)cc2)nc1-c1nnc(NC(=O)C(C)N)o1.Cc1ncc(-c2ccnc(N3CCNCC3)c2)nc1-c1nnc(-c2ccccc2)o1.[HH].[HH].[HH].[HH].[HH].[HH]. The van der Waals surface area contributed by atoms with Crippen molar-refractivity contribution in [2.45, 2.75) is 74.8 Å². The molecule has 1 aliphatic heterocycles. The largest absolute Gasteiger partial charge is 0.415 e. The molecule has 1 unspecified atom stereocenters. The lowest BCUT2D eigenvalue weighted by atomic mass is 10.1. The number of hydrogen-bond donors (Lipinski definition) is 5. The van der Waals surface area contributed by atoms with Crippen LogP contribution in [0.5, 0.6) is 0 Å². The van der Waals surface area contributed by atoms with Crippen LogP contribution in [0.4, 0.5) is 23.7 Å². The first-order chi connectivity index (χ1) is 40.7. The number of anilines is 4. The van der Waals surface area contributed by atoms with Crippen molar-refractivity contribution < 1.29 is 43.4 Å². The third kappa shape index (κ3) is 14.0. The molecule has 450 valence electrons. The van der Waals surface area contributed by atoms with E-state index < -0.39 is 42.1 Å². The average Bonchev–Trinajstić information content (AvgIpc) is 2.12. The number of carbonyl (C=O) groups excluding carboxylic acids is 1. The molecule has 1 saturated heterocycles. The zero-order valence-corrected chi connectivity index (χ0v) is 48.7. The van der Waals surface area contributed by atoms with Crippen LogP contribution < -0.4 is 32.7 Å². The molecule has 1 amide bonds. The van der Waals surface area contributed by atoms with E-state index in [4.69, 9.17) is 35.4 Å². The molecule has 27 nitrogen and oxygen atoms in total. The maximum absolute atomic E-state index is 12.3. The number of nitrogens with zero attached hydrogens (tertiary/aromatic N) is 14. The van der Waals surface area contributed by atoms with E-state index >= 15 is 0 Å². The summed E-state index contributed by atoms with van der Waals surface area (Å²) in [6.07, 6.45) is 6.63. The Morgan fingerprint density at radius 3 is 1.61 bits per heavy atom. The van der Waals surface area contributed by atoms with E-state index in [1.54, 1.807) is 83.4 Å². The van der Waals surface area contributed by atoms with Crippen LogP contribution in [0.2, 0.25) is 0 Å². The van der Waals surface area contributed by atoms with Crippen LogP contribution >= 0.6 is 0 Å². The van der Waals surface area contributed by atoms with E-state index in [1.807, 2.05) is 49.5 Å². The molecule has 0 radical (unpaired) electrons. The molecule has 3 aromatic carbocycles. The van der Waals surface area contributed by atoms with Crippen molar-refractivity contribution in [2.24, 2.45) is 5.73 Å². The lowest BCUT2D eigenvalue weighted by Gasteiger charge is -2.28. The van der Waals surface area contributed by atoms with Gasteiger partial charge in [-0.15, -0.1) is 20.4 Å². The smallest absolute Gasteiger partial charge is 0.322 e. The molecule has 8 N–H and O–H groups in total. The highest BCUT2D eigenvalue weighted by molar-refractivity contribution is 7.92. The lowest BCUT2D eigenvalue weighted by molar-refractivity contribution is -0.117. The number of pyridine rings is 1. The van der Waals surface area contributed by atoms with Gasteiger partial charge in [-0.2, -0.15) is 0 Å². The number of nitrogens with one attached hydrogen (secondary N) is 2. The molecule has 7 aromatic heterocycles. The molecule has 11 rings (SSSR count). The first-order valence-electron chi connectivity index (χ1n) is 26.5. The summed E-state index contributed by atoms with van der Waals surface area (Å²) < 4.78 is 65.4. The highest BCUT2D eigenvalue weighted by atomic mass is 32.2. The van der Waals surface area contributed by atoms with E-state index in [-0.39, 0.29) is 53.7 Å². The molecular formula is C56H71N19O8S2. The third-order valence-corrected chi connectivity index (χ3v) is 17.3. The lowest BCUT2D eigenvalue weighted by Crippen LogP contribution is -2.43. The van der Waals surface area contributed by atoms with E-state index in [0.29, 0.717) is 51.4 Å². The summed E-state index contributed by atoms with van der Waals surface area (Å²) in [4.78, 5) is 45.5. The van der Waals surface area contributed by atoms with Gasteiger partial charge in [0.1, 0.15) is 17.2 Å². The summed E-state index contributed by atoms with van der Waals surface area (Å²) in [5.41, 5.74) is 24.0. The first-order valence-corrected chi connectivity index (χ1v) is 29.5. The van der Waals surface area contributed by atoms with Gasteiger partial charge in [0, 0.05) is 63.2 Å². The number of benzene rings is 3. The minimum absolute atomic E-state index is 0. The number of sulfone groups is 2. The van der Waals surface area contributed by atoms with Gasteiger partial charge in [0.2, 0.25) is 11.8 Å². The summed E-state index contributed by atoms with van der Waals surface area (Å²) in [5.74, 6) is 1.56. The van der Waals surface area contributed by atoms with Gasteiger partial charge in [0.05, 0.1) is 73.4 Å². The van der Waals surface area contributed by atoms with Crippen LogP contribution in [0, 0.1) is 13.8 Å². The standard InChI is InChI=1S/C22H21N7O.C19H22N6O4S.C15H16N6O3S.6H2/c1-15-20(22-28-27-21(30-22)16-5-3-2-4-6-16)26-18(14-25-15)17-7-8-24-19(13-17)29-11-9-23-10-12-29;1-10(2)30(27,28)14-7-5-13(6-8-14)15-9-21-12(4)16(22-15)18-24-25-19(29-18)23-17(26)11(3)20;1-8(2)25(22,23)10-5-3-9(4-6-10)11-7-18-13(16)12(19-11)14-20-21-15(17)24-14;;;;;;/h2-8,13-14,23H,9-12H2,1H3;5-11H,20H2,1-4H3,(H,23,25,26);3-8H,1-2H3,(H2,16,18)(H2,17,21);6*1H. The number of hydrogen-bond acceptors (Lipinski definition) is 26. The Labute approximate surface area is 497 Å². The van der Waals surface area contributed by atoms with E-state index in [1.165, 1.54) is 25.3 Å². The zero-order chi connectivity index (χ0) is 60.6. The molecule has 1 fully saturated rings. The number of nitrogens with two attached hydrogens (primary N) is 3. The van der Waals surface area contributed by atoms with Crippen molar-refractivity contribution in [3.05, 3.63) is 127 Å². The molecule has 29 heteroatoms. The van der Waals surface area contributed by atoms with Crippen LogP contribution in [-0.4, -0.2) is 131 Å². The second-order valence-corrected chi connectivity index (χ2v) is 24.7. The maximum atomic E-state index is 12.3. The predicted octanol–water partition coefficient (Wildman–Crippen LogP) is 7.96. The van der Waals surface area contributed by atoms with Crippen molar-refractivity contribution in [2.75, 3.05) is 47.9 Å². The van der Waals surface area contributed by atoms with Crippen molar-refractivity contribution >= 4 is 49.2 Å². The van der Waals surface area contributed by atoms with Gasteiger partial charge in [-0.3, -0.25) is 20.1 Å². The number of aromatic nitrogens is 13. The van der Waals surface area contributed by atoms with Gasteiger partial charge in [-0.1, -0.05) is 52.7 Å². The first kappa shape index (κ1) is 59.8. The van der Waals surface area contributed by atoms with Gasteiger partial charge >= 0.3 is 12.0 Å². The predicted molar refractivity (Wildman–Crippen MR) is 328 cm³/mol. The van der Waals surface area contributed by atoms with E-state index in [2.05, 4.69) is 82.1 Å². The number of amides is 1. The van der Waals surface area contributed by atoms with Gasteiger partial charge in [0.15, 0.2) is 31.2 Å². The summed E-state index contributed by atoms with van der Waals surface area (Å²) in [5, 5.41) is 28.1. The summed E-state index contributed by atoms with van der Waals surface area (Å²) in [6.45, 7) is 15.5. The van der Waals surface area contributed by atoms with E-state index in [0.717, 1.165) is 54.5 Å². The van der Waals surface area contributed by atoms with Gasteiger partial charge in [-0.25, -0.2) is 41.8 Å². The normalized spacial score (nSPS) is 12.9. The van der Waals surface area contributed by atoms with Gasteiger partial charge in [-0.05, 0) is 97.0 Å². The highest BCUT2D eigenvalue weighted by Crippen LogP contribution is 2.31. The van der Waals surface area contributed by atoms with Crippen LogP contribution in [0.15, 0.2) is 139 Å². The van der Waals surface area contributed by atoms with Crippen LogP contribution in [-0.2, 0) is 24.5 Å². The molecule has 0 saturated carbocycles. The van der Waals surface area contributed by atoms with Crippen molar-refractivity contribution in [1.82, 2.24) is 70.8 Å². The molecule has 1 atom stereocenters. The van der Waals surface area contributed by atoms with Crippen molar-refractivity contribution in [1.29, 1.82) is 0 Å². The van der Waals surface area contributed by atoms with Crippen molar-refractivity contribution in [3.63, 3.8) is 0 Å². The number of rotatable bonds is 14. The molecule has 8 heterocycles. The molecule has 1 aliphatic rings. The molecule has 0 spiro atoms. The molecule has 0 aliphatic carbocycles. The maximum Gasteiger partial charge on any atom is 0.322 e. The quantitative estimate of drug-likeness (QED) is 0.0689. The molecule has 10 aromatic rings. The minimum atomic E-state index is -3.36. The van der Waals surface area contributed by atoms with Crippen LogP contribution in [0.3, 0.4) is 0 Å². The van der Waals surface area contributed by atoms with Crippen LogP contribution in [0.1, 0.15) is 54.6 Å². The Balaban J connectivity index is 0.000000347. The van der Waals surface area contributed by atoms with E-state index in [9.17, 15) is 21.6 Å². The number of piperazine rings is 1. The molecule has 0 bridgehead atoms. The fourth-order valence-electron chi connectivity index (χ4n) is 8.03. The molecular weight excluding hydrogens is 1130 g/mol. The topological polar surface area (TPSA) is 398 Å². The number of carbonyl (C=O) groups is 1.